The number of rotatable bonds is 4. The molecule has 1 fully saturated rings. The minimum atomic E-state index is -0.448. The van der Waals surface area contributed by atoms with Crippen LogP contribution in [0.4, 0.5) is 10.1 Å². The first-order chi connectivity index (χ1) is 15.5. The smallest absolute Gasteiger partial charge is 0.345 e. The molecule has 2 aliphatic rings. The van der Waals surface area contributed by atoms with Gasteiger partial charge in [-0.3, -0.25) is 0 Å². The van der Waals surface area contributed by atoms with Crippen LogP contribution in [0.3, 0.4) is 0 Å². The summed E-state index contributed by atoms with van der Waals surface area (Å²) in [6.45, 7) is 8.73. The molecule has 0 spiro atoms. The van der Waals surface area contributed by atoms with Crippen molar-refractivity contribution in [1.82, 2.24) is 5.32 Å². The minimum absolute atomic E-state index is 0.00840. The molecule has 1 aromatic heterocycles. The molecule has 2 aliphatic heterocycles. The number of anilines is 1. The van der Waals surface area contributed by atoms with Gasteiger partial charge < -0.3 is 14.6 Å². The maximum absolute atomic E-state index is 13.7. The summed E-state index contributed by atoms with van der Waals surface area (Å²) in [6.07, 6.45) is 5.77. The van der Waals surface area contributed by atoms with E-state index in [9.17, 15) is 9.18 Å². The van der Waals surface area contributed by atoms with Gasteiger partial charge in [-0.2, -0.15) is 0 Å². The first kappa shape index (κ1) is 22.1. The second-order valence-corrected chi connectivity index (χ2v) is 8.30. The predicted molar refractivity (Wildman–Crippen MR) is 129 cm³/mol. The van der Waals surface area contributed by atoms with Gasteiger partial charge in [-0.1, -0.05) is 13.0 Å². The maximum atomic E-state index is 13.7. The fraction of sp³-hybridized carbons (Fsp3) is 0.400. The van der Waals surface area contributed by atoms with Crippen molar-refractivity contribution in [1.29, 1.82) is 0 Å². The molecule has 0 saturated carbocycles. The number of piperazine rings is 1. The normalized spacial score (nSPS) is 23.5. The van der Waals surface area contributed by atoms with Crippen LogP contribution in [0.1, 0.15) is 39.2 Å². The Morgan fingerprint density at radius 1 is 1.41 bits per heavy atom. The molecular weight excluding hydrogens is 407 g/mol. The number of allylic oxidation sites excluding steroid dienone is 3. The van der Waals surface area contributed by atoms with Crippen LogP contribution in [-0.4, -0.2) is 37.7 Å². The SMILES string of the molecule is CC=C(N=C1N=CC(F)=CCC1CC)c1cc2ccc(N3CCNC(C)C3)cc2oc1=O. The number of halogens is 1. The Bertz CT molecular complexity index is 1180. The second-order valence-electron chi connectivity index (χ2n) is 8.30. The van der Waals surface area contributed by atoms with Gasteiger partial charge in [-0.15, -0.1) is 0 Å². The lowest BCUT2D eigenvalue weighted by Crippen LogP contribution is -2.49. The quantitative estimate of drug-likeness (QED) is 0.705. The average molecular weight is 437 g/mol. The fourth-order valence-corrected chi connectivity index (χ4v) is 4.16. The van der Waals surface area contributed by atoms with Crippen LogP contribution in [0.25, 0.3) is 16.7 Å². The van der Waals surface area contributed by atoms with Crippen molar-refractivity contribution in [3.8, 4) is 0 Å². The monoisotopic (exact) mass is 436 g/mol. The summed E-state index contributed by atoms with van der Waals surface area (Å²) in [4.78, 5) is 24.0. The van der Waals surface area contributed by atoms with Gasteiger partial charge in [0.15, 0.2) is 0 Å². The zero-order valence-electron chi connectivity index (χ0n) is 18.8. The summed E-state index contributed by atoms with van der Waals surface area (Å²) in [5, 5.41) is 4.26. The lowest BCUT2D eigenvalue weighted by atomic mass is 10.0. The van der Waals surface area contributed by atoms with Crippen LogP contribution < -0.4 is 15.8 Å². The molecule has 2 atom stereocenters. The third-order valence-electron chi connectivity index (χ3n) is 6.01. The van der Waals surface area contributed by atoms with Crippen LogP contribution in [0.15, 0.2) is 61.4 Å². The molecule has 2 unspecified atom stereocenters. The van der Waals surface area contributed by atoms with Crippen molar-refractivity contribution in [2.45, 2.75) is 39.7 Å². The average Bonchev–Trinajstić information content (AvgIpc) is 2.97. The van der Waals surface area contributed by atoms with Gasteiger partial charge in [0.05, 0.1) is 17.5 Å². The van der Waals surface area contributed by atoms with Crippen molar-refractivity contribution in [2.75, 3.05) is 24.5 Å². The van der Waals surface area contributed by atoms with Gasteiger partial charge in [0.1, 0.15) is 17.2 Å². The van der Waals surface area contributed by atoms with E-state index in [1.807, 2.05) is 32.0 Å². The van der Waals surface area contributed by atoms with Crippen molar-refractivity contribution in [3.63, 3.8) is 0 Å². The third kappa shape index (κ3) is 4.72. The highest BCUT2D eigenvalue weighted by Gasteiger charge is 2.19. The fourth-order valence-electron chi connectivity index (χ4n) is 4.16. The van der Waals surface area contributed by atoms with E-state index in [2.05, 4.69) is 33.2 Å². The van der Waals surface area contributed by atoms with Crippen LogP contribution in [0.2, 0.25) is 0 Å². The van der Waals surface area contributed by atoms with E-state index >= 15 is 0 Å². The number of nitrogens with one attached hydrogen (secondary N) is 1. The van der Waals surface area contributed by atoms with Crippen LogP contribution in [-0.2, 0) is 0 Å². The molecule has 7 heteroatoms. The topological polar surface area (TPSA) is 70.2 Å². The zero-order chi connectivity index (χ0) is 22.7. The predicted octanol–water partition coefficient (Wildman–Crippen LogP) is 4.70. The Labute approximate surface area is 187 Å². The van der Waals surface area contributed by atoms with Crippen LogP contribution in [0, 0.1) is 5.92 Å². The molecule has 1 N–H and O–H groups in total. The molecule has 6 nitrogen and oxygen atoms in total. The molecule has 2 aromatic rings. The molecule has 1 aromatic carbocycles. The molecule has 4 rings (SSSR count). The highest BCUT2D eigenvalue weighted by atomic mass is 19.1. The van der Waals surface area contributed by atoms with E-state index in [1.54, 1.807) is 6.08 Å². The first-order valence-corrected chi connectivity index (χ1v) is 11.2. The number of benzene rings is 1. The number of fused-ring (bicyclic) bond motifs is 1. The largest absolute Gasteiger partial charge is 0.422 e. The summed E-state index contributed by atoms with van der Waals surface area (Å²) in [5.41, 5.74) is 2.00. The van der Waals surface area contributed by atoms with E-state index in [-0.39, 0.29) is 11.7 Å². The molecule has 3 heterocycles. The Hall–Kier alpha value is -3.06. The van der Waals surface area contributed by atoms with Gasteiger partial charge in [-0.05, 0) is 51.0 Å². The lowest BCUT2D eigenvalue weighted by Gasteiger charge is -2.33. The van der Waals surface area contributed by atoms with Crippen molar-refractivity contribution in [3.05, 3.63) is 58.2 Å². The molecule has 0 amide bonds. The van der Waals surface area contributed by atoms with E-state index in [1.165, 1.54) is 12.3 Å². The molecule has 0 bridgehead atoms. The second kappa shape index (κ2) is 9.61. The first-order valence-electron chi connectivity index (χ1n) is 11.2. The number of hydrogen-bond acceptors (Lipinski definition) is 5. The van der Waals surface area contributed by atoms with Crippen molar-refractivity contribution >= 4 is 34.4 Å². The maximum Gasteiger partial charge on any atom is 0.345 e. The van der Waals surface area contributed by atoms with E-state index in [0.717, 1.165) is 37.1 Å². The molecule has 0 aliphatic carbocycles. The number of nitrogens with zero attached hydrogens (tertiary/aromatic N) is 3. The Morgan fingerprint density at radius 2 is 2.25 bits per heavy atom. The Kier molecular flexibility index (Phi) is 6.65. The number of aliphatic imine (C=N–C) groups is 2. The molecule has 168 valence electrons. The van der Waals surface area contributed by atoms with E-state index in [0.29, 0.717) is 35.1 Å². The molecule has 1 saturated heterocycles. The van der Waals surface area contributed by atoms with Crippen LogP contribution in [0.5, 0.6) is 0 Å². The minimum Gasteiger partial charge on any atom is -0.422 e. The third-order valence-corrected chi connectivity index (χ3v) is 6.01. The lowest BCUT2D eigenvalue weighted by molar-refractivity contribution is 0.484. The van der Waals surface area contributed by atoms with Gasteiger partial charge in [0, 0.05) is 48.7 Å². The highest BCUT2D eigenvalue weighted by Crippen LogP contribution is 2.26. The van der Waals surface area contributed by atoms with Gasteiger partial charge in [0.2, 0.25) is 0 Å². The summed E-state index contributed by atoms with van der Waals surface area (Å²) >= 11 is 0. The van der Waals surface area contributed by atoms with E-state index in [4.69, 9.17) is 4.42 Å². The molecule has 0 radical (unpaired) electrons. The molecular formula is C25H29FN4O2. The zero-order valence-corrected chi connectivity index (χ0v) is 18.8. The Balaban J connectivity index is 1.69. The standard InChI is InChI=1S/C25H29FN4O2/c1-4-17-6-8-19(26)14-28-24(17)29-22(5-2)21-12-18-7-9-20(13-23(18)32-25(21)31)30-11-10-27-16(3)15-30/h5,7-9,12-14,16-17,27H,4,6,10-11,15H2,1-3H3. The van der Waals surface area contributed by atoms with Crippen molar-refractivity contribution < 1.29 is 8.81 Å². The summed E-state index contributed by atoms with van der Waals surface area (Å²) in [7, 11) is 0. The highest BCUT2D eigenvalue weighted by molar-refractivity contribution is 5.99. The van der Waals surface area contributed by atoms with Gasteiger partial charge in [0.25, 0.3) is 0 Å². The Morgan fingerprint density at radius 3 is 3.00 bits per heavy atom. The number of hydrogen-bond donors (Lipinski definition) is 1. The van der Waals surface area contributed by atoms with E-state index < -0.39 is 5.63 Å². The summed E-state index contributed by atoms with van der Waals surface area (Å²) in [6, 6.07) is 8.18. The van der Waals surface area contributed by atoms with Gasteiger partial charge >= 0.3 is 5.63 Å². The van der Waals surface area contributed by atoms with Crippen LogP contribution >= 0.6 is 0 Å². The molecule has 32 heavy (non-hydrogen) atoms. The summed E-state index contributed by atoms with van der Waals surface area (Å²) in [5.74, 6) is 0.147. The summed E-state index contributed by atoms with van der Waals surface area (Å²) < 4.78 is 19.4. The number of amidine groups is 1. The van der Waals surface area contributed by atoms with Crippen molar-refractivity contribution in [2.24, 2.45) is 15.9 Å². The van der Waals surface area contributed by atoms with Gasteiger partial charge in [-0.25, -0.2) is 19.2 Å².